The van der Waals surface area contributed by atoms with Crippen LogP contribution in [0, 0.1) is 6.92 Å². The Balaban J connectivity index is 1.35. The molecular formula is C18H31N5O2. The van der Waals surface area contributed by atoms with Crippen LogP contribution in [0.5, 0.6) is 0 Å². The molecule has 2 heterocycles. The quantitative estimate of drug-likeness (QED) is 0.845. The fraction of sp³-hybridized carbons (Fsp3) is 0.833. The minimum Gasteiger partial charge on any atom is -0.353 e. The van der Waals surface area contributed by atoms with E-state index in [1.165, 1.54) is 19.3 Å². The maximum atomic E-state index is 12.1. The summed E-state index contributed by atoms with van der Waals surface area (Å²) in [7, 11) is 0. The van der Waals surface area contributed by atoms with E-state index in [0.29, 0.717) is 24.2 Å². The molecule has 140 valence electrons. The Morgan fingerprint density at radius 3 is 2.60 bits per heavy atom. The molecule has 0 aromatic carbocycles. The van der Waals surface area contributed by atoms with Gasteiger partial charge in [0.2, 0.25) is 11.8 Å². The Hall–Kier alpha value is -1.47. The van der Waals surface area contributed by atoms with Crippen LogP contribution in [-0.2, 0) is 4.79 Å². The largest absolute Gasteiger partial charge is 0.353 e. The second-order valence-corrected chi connectivity index (χ2v) is 7.39. The van der Waals surface area contributed by atoms with E-state index in [9.17, 15) is 4.79 Å². The van der Waals surface area contributed by atoms with Crippen LogP contribution in [0.4, 0.5) is 0 Å². The second-order valence-electron chi connectivity index (χ2n) is 7.39. The van der Waals surface area contributed by atoms with E-state index < -0.39 is 0 Å². The van der Waals surface area contributed by atoms with E-state index in [0.717, 1.165) is 45.6 Å². The van der Waals surface area contributed by atoms with Crippen LogP contribution in [0.2, 0.25) is 0 Å². The van der Waals surface area contributed by atoms with Crippen molar-refractivity contribution in [1.29, 1.82) is 0 Å². The molecule has 1 aromatic rings. The summed E-state index contributed by atoms with van der Waals surface area (Å²) >= 11 is 0. The zero-order chi connectivity index (χ0) is 17.6. The number of nitrogens with one attached hydrogen (secondary N) is 1. The van der Waals surface area contributed by atoms with Gasteiger partial charge in [0, 0.05) is 45.2 Å². The highest BCUT2D eigenvalue weighted by atomic mass is 16.5. The topological polar surface area (TPSA) is 74.5 Å². The van der Waals surface area contributed by atoms with Crippen molar-refractivity contribution in [1.82, 2.24) is 25.3 Å². The molecule has 1 atom stereocenters. The zero-order valence-electron chi connectivity index (χ0n) is 15.5. The third-order valence-electron chi connectivity index (χ3n) is 5.48. The molecule has 1 unspecified atom stereocenters. The van der Waals surface area contributed by atoms with Crippen molar-refractivity contribution < 1.29 is 9.32 Å². The second kappa shape index (κ2) is 8.76. The van der Waals surface area contributed by atoms with Gasteiger partial charge in [-0.15, -0.1) is 0 Å². The SMILES string of the molecule is Cc1noc(C(C)N2CCN(CCC(=O)NC3CCCCC3)CC2)n1. The number of rotatable bonds is 6. The minimum absolute atomic E-state index is 0.151. The smallest absolute Gasteiger partial charge is 0.243 e. The highest BCUT2D eigenvalue weighted by molar-refractivity contribution is 5.76. The summed E-state index contributed by atoms with van der Waals surface area (Å²) in [5.41, 5.74) is 0. The van der Waals surface area contributed by atoms with Crippen LogP contribution < -0.4 is 5.32 Å². The fourth-order valence-corrected chi connectivity index (χ4v) is 3.82. The average molecular weight is 349 g/mol. The van der Waals surface area contributed by atoms with Crippen LogP contribution in [-0.4, -0.2) is 64.6 Å². The van der Waals surface area contributed by atoms with Crippen molar-refractivity contribution in [3.63, 3.8) is 0 Å². The van der Waals surface area contributed by atoms with Gasteiger partial charge >= 0.3 is 0 Å². The van der Waals surface area contributed by atoms with Gasteiger partial charge in [0.1, 0.15) is 0 Å². The molecule has 0 spiro atoms. The van der Waals surface area contributed by atoms with Gasteiger partial charge in [0.15, 0.2) is 5.82 Å². The molecule has 2 aliphatic rings. The number of carbonyl (C=O) groups excluding carboxylic acids is 1. The van der Waals surface area contributed by atoms with E-state index in [1.807, 2.05) is 6.92 Å². The maximum Gasteiger partial charge on any atom is 0.243 e. The number of hydrogen-bond donors (Lipinski definition) is 1. The first-order chi connectivity index (χ1) is 12.1. The molecular weight excluding hydrogens is 318 g/mol. The van der Waals surface area contributed by atoms with Crippen LogP contribution in [0.3, 0.4) is 0 Å². The third-order valence-corrected chi connectivity index (χ3v) is 5.48. The fourth-order valence-electron chi connectivity index (χ4n) is 3.82. The van der Waals surface area contributed by atoms with Gasteiger partial charge in [-0.3, -0.25) is 9.69 Å². The Morgan fingerprint density at radius 2 is 1.96 bits per heavy atom. The highest BCUT2D eigenvalue weighted by Crippen LogP contribution is 2.20. The van der Waals surface area contributed by atoms with Gasteiger partial charge < -0.3 is 14.7 Å². The lowest BCUT2D eigenvalue weighted by atomic mass is 9.95. The summed E-state index contributed by atoms with van der Waals surface area (Å²) in [5.74, 6) is 1.59. The first kappa shape index (κ1) is 18.3. The molecule has 1 aromatic heterocycles. The van der Waals surface area contributed by atoms with Crippen LogP contribution in [0.25, 0.3) is 0 Å². The summed E-state index contributed by atoms with van der Waals surface area (Å²) in [6.07, 6.45) is 6.73. The van der Waals surface area contributed by atoms with E-state index in [-0.39, 0.29) is 11.9 Å². The molecule has 7 heteroatoms. The molecule has 2 fully saturated rings. The molecule has 1 aliphatic heterocycles. The summed E-state index contributed by atoms with van der Waals surface area (Å²) < 4.78 is 5.29. The normalized spacial score (nSPS) is 22.0. The van der Waals surface area contributed by atoms with Crippen molar-refractivity contribution in [3.05, 3.63) is 11.7 Å². The van der Waals surface area contributed by atoms with Gasteiger partial charge in [-0.2, -0.15) is 4.98 Å². The van der Waals surface area contributed by atoms with Crippen molar-refractivity contribution in [2.75, 3.05) is 32.7 Å². The van der Waals surface area contributed by atoms with Gasteiger partial charge in [-0.05, 0) is 26.7 Å². The molecule has 1 aliphatic carbocycles. The van der Waals surface area contributed by atoms with E-state index in [1.54, 1.807) is 0 Å². The van der Waals surface area contributed by atoms with E-state index >= 15 is 0 Å². The predicted octanol–water partition coefficient (Wildman–Crippen LogP) is 1.90. The zero-order valence-corrected chi connectivity index (χ0v) is 15.5. The average Bonchev–Trinajstić information content (AvgIpc) is 3.07. The predicted molar refractivity (Wildman–Crippen MR) is 95.1 cm³/mol. The maximum absolute atomic E-state index is 12.1. The number of aromatic nitrogens is 2. The lowest BCUT2D eigenvalue weighted by Crippen LogP contribution is -2.48. The van der Waals surface area contributed by atoms with Crippen LogP contribution in [0.15, 0.2) is 4.52 Å². The molecule has 1 saturated carbocycles. The standard InChI is InChI=1S/C18H31N5O2/c1-14(18-19-15(2)21-25-18)23-12-10-22(11-13-23)9-8-17(24)20-16-6-4-3-5-7-16/h14,16H,3-13H2,1-2H3,(H,20,24). The Morgan fingerprint density at radius 1 is 1.24 bits per heavy atom. The molecule has 0 radical (unpaired) electrons. The lowest BCUT2D eigenvalue weighted by molar-refractivity contribution is -0.122. The first-order valence-electron chi connectivity index (χ1n) is 9.68. The van der Waals surface area contributed by atoms with Crippen LogP contribution in [0.1, 0.15) is 63.2 Å². The molecule has 0 bridgehead atoms. The number of carbonyl (C=O) groups is 1. The van der Waals surface area contributed by atoms with Gasteiger partial charge in [0.05, 0.1) is 6.04 Å². The van der Waals surface area contributed by atoms with E-state index in [2.05, 4.69) is 32.2 Å². The Labute approximate surface area is 150 Å². The third kappa shape index (κ3) is 5.25. The molecule has 1 saturated heterocycles. The van der Waals surface area contributed by atoms with E-state index in [4.69, 9.17) is 4.52 Å². The van der Waals surface area contributed by atoms with Crippen molar-refractivity contribution in [2.24, 2.45) is 0 Å². The Kier molecular flexibility index (Phi) is 6.42. The van der Waals surface area contributed by atoms with Crippen molar-refractivity contribution in [3.8, 4) is 0 Å². The molecule has 25 heavy (non-hydrogen) atoms. The first-order valence-corrected chi connectivity index (χ1v) is 9.68. The van der Waals surface area contributed by atoms with Crippen LogP contribution >= 0.6 is 0 Å². The monoisotopic (exact) mass is 349 g/mol. The minimum atomic E-state index is 0.151. The van der Waals surface area contributed by atoms with Crippen molar-refractivity contribution in [2.45, 2.75) is 64.5 Å². The molecule has 1 N–H and O–H groups in total. The summed E-state index contributed by atoms with van der Waals surface area (Å²) in [5, 5.41) is 7.08. The van der Waals surface area contributed by atoms with Gasteiger partial charge in [-0.25, -0.2) is 0 Å². The number of hydrogen-bond acceptors (Lipinski definition) is 6. The summed E-state index contributed by atoms with van der Waals surface area (Å²) in [6, 6.07) is 0.565. The molecule has 1 amide bonds. The number of amides is 1. The summed E-state index contributed by atoms with van der Waals surface area (Å²) in [4.78, 5) is 21.2. The van der Waals surface area contributed by atoms with Crippen molar-refractivity contribution >= 4 is 5.91 Å². The van der Waals surface area contributed by atoms with Gasteiger partial charge in [-0.1, -0.05) is 24.4 Å². The molecule has 3 rings (SSSR count). The van der Waals surface area contributed by atoms with Gasteiger partial charge in [0.25, 0.3) is 0 Å². The number of piperazine rings is 1. The molecule has 7 nitrogen and oxygen atoms in total. The highest BCUT2D eigenvalue weighted by Gasteiger charge is 2.25. The summed E-state index contributed by atoms with van der Waals surface area (Å²) in [6.45, 7) is 8.69. The number of nitrogens with zero attached hydrogens (tertiary/aromatic N) is 4. The number of aryl methyl sites for hydroxylation is 1. The lowest BCUT2D eigenvalue weighted by Gasteiger charge is -2.36. The Bertz CT molecular complexity index is 547.